The van der Waals surface area contributed by atoms with Crippen LogP contribution >= 0.6 is 0 Å². The zero-order valence-electron chi connectivity index (χ0n) is 16.5. The van der Waals surface area contributed by atoms with Crippen LogP contribution in [0.1, 0.15) is 45.0 Å². The Labute approximate surface area is 163 Å². The minimum absolute atomic E-state index is 0.0675. The lowest BCUT2D eigenvalue weighted by Gasteiger charge is -2.35. The van der Waals surface area contributed by atoms with Gasteiger partial charge in [-0.25, -0.2) is 4.79 Å². The van der Waals surface area contributed by atoms with Crippen LogP contribution in [0.25, 0.3) is 0 Å². The first-order valence-electron chi connectivity index (χ1n) is 9.24. The van der Waals surface area contributed by atoms with Crippen molar-refractivity contribution in [3.8, 4) is 5.75 Å². The zero-order valence-corrected chi connectivity index (χ0v) is 16.5. The van der Waals surface area contributed by atoms with Crippen LogP contribution in [0.3, 0.4) is 0 Å². The molecular weight excluding hydrogens is 368 g/mol. The van der Waals surface area contributed by atoms with Crippen LogP contribution in [-0.4, -0.2) is 54.0 Å². The molecule has 0 aromatic heterocycles. The molecule has 0 amide bonds. The Balaban J connectivity index is 1.54. The van der Waals surface area contributed by atoms with Crippen molar-refractivity contribution in [2.75, 3.05) is 0 Å². The highest BCUT2D eigenvalue weighted by Crippen LogP contribution is 2.44. The summed E-state index contributed by atoms with van der Waals surface area (Å²) in [6.07, 6.45) is -3.56. The number of hydrogen-bond donors (Lipinski definition) is 0. The van der Waals surface area contributed by atoms with Gasteiger partial charge in [-0.1, -0.05) is 0 Å². The molecule has 0 bridgehead atoms. The van der Waals surface area contributed by atoms with E-state index >= 15 is 0 Å². The Morgan fingerprint density at radius 2 is 1.43 bits per heavy atom. The third kappa shape index (κ3) is 3.58. The fraction of sp³-hybridized carbons (Fsp3) is 0.600. The zero-order chi connectivity index (χ0) is 20.3. The molecule has 3 aliphatic heterocycles. The van der Waals surface area contributed by atoms with Crippen LogP contribution in [-0.2, 0) is 28.5 Å². The molecule has 0 N–H and O–H groups in total. The average molecular weight is 392 g/mol. The number of carbonyl (C=O) groups is 2. The summed E-state index contributed by atoms with van der Waals surface area (Å²) in [6, 6.07) is 6.32. The Kier molecular flexibility index (Phi) is 4.59. The summed E-state index contributed by atoms with van der Waals surface area (Å²) in [7, 11) is 0. The van der Waals surface area contributed by atoms with Crippen molar-refractivity contribution in [3.63, 3.8) is 0 Å². The Hall–Kier alpha value is -1.84. The number of ketones is 1. The minimum Gasteiger partial charge on any atom is -0.425 e. The molecule has 1 aromatic rings. The number of ether oxygens (including phenoxy) is 6. The Bertz CT molecular complexity index is 784. The maximum absolute atomic E-state index is 12.8. The van der Waals surface area contributed by atoms with E-state index in [-0.39, 0.29) is 5.78 Å². The van der Waals surface area contributed by atoms with Crippen molar-refractivity contribution in [1.82, 2.24) is 0 Å². The molecule has 5 atom stereocenters. The summed E-state index contributed by atoms with van der Waals surface area (Å²) in [4.78, 5) is 24.2. The van der Waals surface area contributed by atoms with E-state index in [4.69, 9.17) is 28.4 Å². The van der Waals surface area contributed by atoms with Crippen molar-refractivity contribution in [2.45, 2.75) is 76.9 Å². The number of fused-ring (bicyclic) bond motifs is 3. The van der Waals surface area contributed by atoms with E-state index in [2.05, 4.69) is 0 Å². The average Bonchev–Trinajstić information content (AvgIpc) is 3.08. The van der Waals surface area contributed by atoms with Gasteiger partial charge < -0.3 is 28.4 Å². The number of rotatable bonds is 3. The second kappa shape index (κ2) is 6.60. The molecule has 28 heavy (non-hydrogen) atoms. The number of carbonyl (C=O) groups excluding carboxylic acids is 2. The topological polar surface area (TPSA) is 89.5 Å². The summed E-state index contributed by atoms with van der Waals surface area (Å²) in [5.74, 6) is -2.15. The second-order valence-electron chi connectivity index (χ2n) is 8.09. The van der Waals surface area contributed by atoms with E-state index in [9.17, 15) is 9.59 Å². The fourth-order valence-electron chi connectivity index (χ4n) is 3.73. The van der Waals surface area contributed by atoms with E-state index in [0.29, 0.717) is 11.3 Å². The van der Waals surface area contributed by atoms with E-state index in [1.807, 2.05) is 0 Å². The highest BCUT2D eigenvalue weighted by Gasteiger charge is 2.62. The van der Waals surface area contributed by atoms with E-state index in [1.165, 1.54) is 6.92 Å². The molecule has 8 nitrogen and oxygen atoms in total. The summed E-state index contributed by atoms with van der Waals surface area (Å²) < 4.78 is 34.9. The highest BCUT2D eigenvalue weighted by atomic mass is 16.9. The molecule has 0 radical (unpaired) electrons. The monoisotopic (exact) mass is 392 g/mol. The summed E-state index contributed by atoms with van der Waals surface area (Å²) >= 11 is 0. The largest absolute Gasteiger partial charge is 0.425 e. The molecule has 0 aliphatic carbocycles. The van der Waals surface area contributed by atoms with Gasteiger partial charge >= 0.3 is 5.97 Å². The smallest absolute Gasteiger partial charge is 0.343 e. The normalized spacial score (nSPS) is 35.1. The van der Waals surface area contributed by atoms with Gasteiger partial charge in [0.15, 0.2) is 29.8 Å². The molecule has 152 valence electrons. The minimum atomic E-state index is -1.04. The molecule has 3 aliphatic rings. The van der Waals surface area contributed by atoms with Crippen LogP contribution in [0.2, 0.25) is 0 Å². The van der Waals surface area contributed by atoms with Crippen molar-refractivity contribution in [2.24, 2.45) is 0 Å². The van der Waals surface area contributed by atoms with Crippen LogP contribution < -0.4 is 4.74 Å². The predicted octanol–water partition coefficient (Wildman–Crippen LogP) is 2.19. The molecule has 0 unspecified atom stereocenters. The quantitative estimate of drug-likeness (QED) is 0.439. The van der Waals surface area contributed by atoms with Gasteiger partial charge in [0.2, 0.25) is 0 Å². The molecule has 3 saturated heterocycles. The van der Waals surface area contributed by atoms with Crippen LogP contribution in [0.4, 0.5) is 0 Å². The van der Waals surface area contributed by atoms with Gasteiger partial charge in [-0.05, 0) is 58.9 Å². The highest BCUT2D eigenvalue weighted by molar-refractivity contribution is 5.94. The van der Waals surface area contributed by atoms with E-state index < -0.39 is 48.2 Å². The molecule has 3 heterocycles. The Morgan fingerprint density at radius 1 is 0.857 bits per heavy atom. The number of Topliss-reactive ketones (excluding diaryl/α,β-unsaturated/α-hetero) is 1. The number of esters is 1. The standard InChI is InChI=1S/C20H24O8/c1-10(21)11-6-8-12(9-7-11)23-17(22)15-13-14(26-19(2,3)25-13)16-18(24-15)28-20(4,5)27-16/h6-9,13-16,18H,1-5H3/t13-,14+,15+,16-,18+/m1/s1. The van der Waals surface area contributed by atoms with Crippen LogP contribution in [0.15, 0.2) is 24.3 Å². The lowest BCUT2D eigenvalue weighted by Crippen LogP contribution is -2.58. The maximum atomic E-state index is 12.8. The first-order chi connectivity index (χ1) is 13.0. The van der Waals surface area contributed by atoms with Gasteiger partial charge in [-0.2, -0.15) is 0 Å². The van der Waals surface area contributed by atoms with Gasteiger partial charge in [0.05, 0.1) is 0 Å². The molecule has 8 heteroatoms. The van der Waals surface area contributed by atoms with E-state index in [1.54, 1.807) is 52.0 Å². The van der Waals surface area contributed by atoms with Gasteiger partial charge in [0, 0.05) is 5.56 Å². The summed E-state index contributed by atoms with van der Waals surface area (Å²) in [5.41, 5.74) is 0.532. The fourth-order valence-corrected chi connectivity index (χ4v) is 3.73. The third-order valence-corrected chi connectivity index (χ3v) is 4.87. The first kappa shape index (κ1) is 19.5. The molecule has 0 spiro atoms. The van der Waals surface area contributed by atoms with Crippen molar-refractivity contribution in [1.29, 1.82) is 0 Å². The molecule has 0 saturated carbocycles. The SMILES string of the molecule is CC(=O)c1ccc(OC(=O)[C@H]2O[C@H]3OC(C)(C)O[C@@H]3[C@H]3OC(C)(C)O[C@H]32)cc1. The maximum Gasteiger partial charge on any atom is 0.343 e. The van der Waals surface area contributed by atoms with Crippen molar-refractivity contribution < 1.29 is 38.0 Å². The third-order valence-electron chi connectivity index (χ3n) is 4.87. The molecule has 3 fully saturated rings. The van der Waals surface area contributed by atoms with Gasteiger partial charge in [0.25, 0.3) is 0 Å². The van der Waals surface area contributed by atoms with Crippen LogP contribution in [0.5, 0.6) is 5.75 Å². The molecular formula is C20H24O8. The summed E-state index contributed by atoms with van der Waals surface area (Å²) in [6.45, 7) is 8.55. The van der Waals surface area contributed by atoms with Crippen molar-refractivity contribution in [3.05, 3.63) is 29.8 Å². The molecule has 4 rings (SSSR count). The molecule has 1 aromatic carbocycles. The van der Waals surface area contributed by atoms with Gasteiger partial charge in [-0.3, -0.25) is 4.79 Å². The lowest BCUT2D eigenvalue weighted by atomic mass is 9.99. The van der Waals surface area contributed by atoms with Gasteiger partial charge in [0.1, 0.15) is 24.1 Å². The number of hydrogen-bond acceptors (Lipinski definition) is 8. The predicted molar refractivity (Wildman–Crippen MR) is 94.6 cm³/mol. The van der Waals surface area contributed by atoms with Crippen LogP contribution in [0, 0.1) is 0 Å². The van der Waals surface area contributed by atoms with Crippen molar-refractivity contribution >= 4 is 11.8 Å². The second-order valence-corrected chi connectivity index (χ2v) is 8.09. The first-order valence-corrected chi connectivity index (χ1v) is 9.24. The Morgan fingerprint density at radius 3 is 2.07 bits per heavy atom. The number of benzene rings is 1. The van der Waals surface area contributed by atoms with Gasteiger partial charge in [-0.15, -0.1) is 0 Å². The summed E-state index contributed by atoms with van der Waals surface area (Å²) in [5, 5.41) is 0. The lowest BCUT2D eigenvalue weighted by molar-refractivity contribution is -0.236. The van der Waals surface area contributed by atoms with E-state index in [0.717, 1.165) is 0 Å².